The van der Waals surface area contributed by atoms with Crippen molar-refractivity contribution in [2.75, 3.05) is 56.7 Å². The molecule has 3 aromatic heterocycles. The number of carbonyl (C=O) groups excluding carboxylic acids is 2. The van der Waals surface area contributed by atoms with E-state index in [2.05, 4.69) is 25.2 Å². The highest BCUT2D eigenvalue weighted by molar-refractivity contribution is 6.13. The van der Waals surface area contributed by atoms with Gasteiger partial charge in [-0.1, -0.05) is 0 Å². The number of benzene rings is 1. The molecule has 0 radical (unpaired) electrons. The summed E-state index contributed by atoms with van der Waals surface area (Å²) in [6.07, 6.45) is 4.56. The van der Waals surface area contributed by atoms with Crippen molar-refractivity contribution >= 4 is 39.9 Å². The number of aryl methyl sites for hydroxylation is 1. The van der Waals surface area contributed by atoms with E-state index in [0.29, 0.717) is 49.4 Å². The van der Waals surface area contributed by atoms with E-state index in [4.69, 9.17) is 14.2 Å². The molecule has 222 valence electrons. The molecule has 1 fully saturated rings. The molecule has 1 aliphatic heterocycles. The van der Waals surface area contributed by atoms with Crippen molar-refractivity contribution in [2.24, 2.45) is 0 Å². The second kappa shape index (κ2) is 11.8. The summed E-state index contributed by atoms with van der Waals surface area (Å²) in [7, 11) is 1.56. The lowest BCUT2D eigenvalue weighted by Crippen LogP contribution is -2.50. The lowest BCUT2D eigenvalue weighted by atomic mass is 10.1. The smallest absolute Gasteiger partial charge is 0.410 e. The van der Waals surface area contributed by atoms with Crippen LogP contribution < -0.4 is 15.0 Å². The molecule has 4 heterocycles. The number of hydrogen-bond acceptors (Lipinski definition) is 9. The zero-order chi connectivity index (χ0) is 30.0. The summed E-state index contributed by atoms with van der Waals surface area (Å²) in [5.74, 6) is -1.03. The van der Waals surface area contributed by atoms with Gasteiger partial charge in [-0.15, -0.1) is 0 Å². The van der Waals surface area contributed by atoms with Crippen molar-refractivity contribution in [3.8, 4) is 6.01 Å². The minimum atomic E-state index is -0.573. The molecule has 4 aromatic rings. The van der Waals surface area contributed by atoms with E-state index in [1.807, 2.05) is 26.8 Å². The number of anilines is 2. The van der Waals surface area contributed by atoms with Crippen molar-refractivity contribution in [2.45, 2.75) is 33.3 Å². The Kier molecular flexibility index (Phi) is 8.12. The Labute approximate surface area is 242 Å². The number of rotatable bonds is 7. The third kappa shape index (κ3) is 6.35. The van der Waals surface area contributed by atoms with E-state index in [9.17, 15) is 14.0 Å². The molecule has 0 aliphatic carbocycles. The van der Waals surface area contributed by atoms with Crippen molar-refractivity contribution in [3.05, 3.63) is 53.9 Å². The number of carbonyl (C=O) groups is 2. The van der Waals surface area contributed by atoms with Crippen molar-refractivity contribution in [3.63, 3.8) is 0 Å². The first kappa shape index (κ1) is 29.0. The molecule has 0 atom stereocenters. The molecule has 12 nitrogen and oxygen atoms in total. The maximum Gasteiger partial charge on any atom is 0.410 e. The zero-order valence-electron chi connectivity index (χ0n) is 24.3. The summed E-state index contributed by atoms with van der Waals surface area (Å²) in [6.45, 7) is 9.91. The fourth-order valence-electron chi connectivity index (χ4n) is 4.74. The quantitative estimate of drug-likeness (QED) is 0.323. The number of nitrogens with one attached hydrogen (secondary N) is 1. The van der Waals surface area contributed by atoms with Crippen LogP contribution in [-0.4, -0.2) is 88.4 Å². The van der Waals surface area contributed by atoms with Crippen LogP contribution in [0.25, 0.3) is 16.6 Å². The van der Waals surface area contributed by atoms with Crippen LogP contribution >= 0.6 is 0 Å². The summed E-state index contributed by atoms with van der Waals surface area (Å²) in [5, 5.41) is 3.42. The standard InChI is InChI=1S/C29H34FN7O5/c1-18-16-37-17-19(14-22(30)25(37)32-18)33-26(38)20-6-7-23(21-15-31-27(34-24(20)21)41-13-12-40-5)35-8-10-36(11-9-35)28(39)42-29(2,3)4/h6-7,14-17H,8-13H2,1-5H3,(H,33,38). The number of imidazole rings is 1. The lowest BCUT2D eigenvalue weighted by Gasteiger charge is -2.37. The van der Waals surface area contributed by atoms with Gasteiger partial charge in [0, 0.05) is 69.0 Å². The van der Waals surface area contributed by atoms with Gasteiger partial charge in [0.15, 0.2) is 11.5 Å². The SMILES string of the molecule is COCCOc1ncc2c(N3CCN(C(=O)OC(C)(C)C)CC3)ccc(C(=O)Nc3cc(F)c4nc(C)cn4c3)c2n1. The molecule has 0 spiro atoms. The number of methoxy groups -OCH3 is 1. The van der Waals surface area contributed by atoms with Crippen LogP contribution in [0.3, 0.4) is 0 Å². The van der Waals surface area contributed by atoms with E-state index in [1.165, 1.54) is 10.5 Å². The molecular weight excluding hydrogens is 545 g/mol. The minimum absolute atomic E-state index is 0.0989. The summed E-state index contributed by atoms with van der Waals surface area (Å²) < 4.78 is 32.4. The van der Waals surface area contributed by atoms with Crippen LogP contribution in [0.4, 0.5) is 20.6 Å². The maximum absolute atomic E-state index is 14.7. The van der Waals surface area contributed by atoms with Gasteiger partial charge < -0.3 is 33.7 Å². The fourth-order valence-corrected chi connectivity index (χ4v) is 4.74. The first-order valence-corrected chi connectivity index (χ1v) is 13.6. The fraction of sp³-hybridized carbons (Fsp3) is 0.414. The Balaban J connectivity index is 1.43. The number of pyridine rings is 1. The molecule has 1 aliphatic rings. The molecule has 0 saturated carbocycles. The Hall–Kier alpha value is -4.52. The summed E-state index contributed by atoms with van der Waals surface area (Å²) in [5.41, 5.74) is 1.99. The second-order valence-electron chi connectivity index (χ2n) is 11.0. The zero-order valence-corrected chi connectivity index (χ0v) is 24.3. The van der Waals surface area contributed by atoms with E-state index in [0.717, 1.165) is 5.69 Å². The number of amides is 2. The van der Waals surface area contributed by atoms with Gasteiger partial charge in [-0.05, 0) is 39.8 Å². The van der Waals surface area contributed by atoms with Gasteiger partial charge >= 0.3 is 12.1 Å². The minimum Gasteiger partial charge on any atom is -0.461 e. The summed E-state index contributed by atoms with van der Waals surface area (Å²) in [6, 6.07) is 4.84. The average molecular weight is 580 g/mol. The maximum atomic E-state index is 14.7. The first-order valence-electron chi connectivity index (χ1n) is 13.6. The molecule has 13 heteroatoms. The second-order valence-corrected chi connectivity index (χ2v) is 11.0. The highest BCUT2D eigenvalue weighted by Crippen LogP contribution is 2.31. The lowest BCUT2D eigenvalue weighted by molar-refractivity contribution is 0.0240. The normalized spacial score (nSPS) is 14.0. The molecule has 5 rings (SSSR count). The van der Waals surface area contributed by atoms with Gasteiger partial charge in [-0.25, -0.2) is 19.2 Å². The molecule has 0 unspecified atom stereocenters. The van der Waals surface area contributed by atoms with Gasteiger partial charge in [-0.2, -0.15) is 4.98 Å². The number of aromatic nitrogens is 4. The van der Waals surface area contributed by atoms with Crippen LogP contribution in [-0.2, 0) is 9.47 Å². The molecule has 1 saturated heterocycles. The van der Waals surface area contributed by atoms with Crippen LogP contribution in [0.1, 0.15) is 36.8 Å². The number of fused-ring (bicyclic) bond motifs is 2. The van der Waals surface area contributed by atoms with E-state index >= 15 is 0 Å². The average Bonchev–Trinajstić information content (AvgIpc) is 3.32. The van der Waals surface area contributed by atoms with E-state index < -0.39 is 17.3 Å². The predicted octanol–water partition coefficient (Wildman–Crippen LogP) is 4.06. The number of halogens is 1. The van der Waals surface area contributed by atoms with Crippen molar-refractivity contribution < 1.29 is 28.2 Å². The van der Waals surface area contributed by atoms with Crippen LogP contribution in [0.2, 0.25) is 0 Å². The van der Waals surface area contributed by atoms with Gasteiger partial charge in [0.1, 0.15) is 12.2 Å². The first-order chi connectivity index (χ1) is 20.0. The van der Waals surface area contributed by atoms with Crippen LogP contribution in [0, 0.1) is 12.7 Å². The van der Waals surface area contributed by atoms with Crippen LogP contribution in [0.5, 0.6) is 6.01 Å². The highest BCUT2D eigenvalue weighted by atomic mass is 19.1. The van der Waals surface area contributed by atoms with Gasteiger partial charge in [-0.3, -0.25) is 4.79 Å². The number of nitrogens with zero attached hydrogens (tertiary/aromatic N) is 6. The van der Waals surface area contributed by atoms with Crippen molar-refractivity contribution in [1.82, 2.24) is 24.3 Å². The van der Waals surface area contributed by atoms with Gasteiger partial charge in [0.25, 0.3) is 5.91 Å². The van der Waals surface area contributed by atoms with Gasteiger partial charge in [0.2, 0.25) is 0 Å². The van der Waals surface area contributed by atoms with E-state index in [1.54, 1.807) is 43.6 Å². The Morgan fingerprint density at radius 1 is 1.07 bits per heavy atom. The number of ether oxygens (including phenoxy) is 3. The highest BCUT2D eigenvalue weighted by Gasteiger charge is 2.27. The molecular formula is C29H34FN7O5. The topological polar surface area (TPSA) is 123 Å². The molecule has 1 aromatic carbocycles. The Morgan fingerprint density at radius 3 is 2.55 bits per heavy atom. The number of hydrogen-bond donors (Lipinski definition) is 1. The third-order valence-corrected chi connectivity index (χ3v) is 6.63. The largest absolute Gasteiger partial charge is 0.461 e. The number of piperazine rings is 1. The van der Waals surface area contributed by atoms with Crippen LogP contribution in [0.15, 0.2) is 36.8 Å². The van der Waals surface area contributed by atoms with E-state index in [-0.39, 0.29) is 35.6 Å². The van der Waals surface area contributed by atoms with Gasteiger partial charge in [0.05, 0.1) is 29.1 Å². The Bertz CT molecular complexity index is 1630. The molecule has 0 bridgehead atoms. The summed E-state index contributed by atoms with van der Waals surface area (Å²) >= 11 is 0. The molecule has 42 heavy (non-hydrogen) atoms. The third-order valence-electron chi connectivity index (χ3n) is 6.63. The molecule has 2 amide bonds. The Morgan fingerprint density at radius 2 is 1.83 bits per heavy atom. The summed E-state index contributed by atoms with van der Waals surface area (Å²) in [4.78, 5) is 43.0. The van der Waals surface area contributed by atoms with Crippen molar-refractivity contribution in [1.29, 1.82) is 0 Å². The predicted molar refractivity (Wildman–Crippen MR) is 155 cm³/mol. The monoisotopic (exact) mass is 579 g/mol. The molecule has 1 N–H and O–H groups in total.